The summed E-state index contributed by atoms with van der Waals surface area (Å²) in [6.45, 7) is 8.76. The number of carbonyl (C=O) groups excluding carboxylic acids is 1. The first kappa shape index (κ1) is 18.4. The van der Waals surface area contributed by atoms with E-state index in [1.807, 2.05) is 0 Å². The van der Waals surface area contributed by atoms with Crippen molar-refractivity contribution in [2.75, 3.05) is 40.0 Å². The van der Waals surface area contributed by atoms with Crippen molar-refractivity contribution in [2.45, 2.75) is 39.3 Å². The fraction of sp³-hybridized carbons (Fsp3) is 0.778. The normalized spacial score (nSPS) is 26.2. The largest absolute Gasteiger partial charge is 0.379 e. The molecule has 1 N–H and O–H groups in total. The summed E-state index contributed by atoms with van der Waals surface area (Å²) < 4.78 is 15.8. The molecule has 3 rings (SSSR count). The third-order valence-corrected chi connectivity index (χ3v) is 5.63. The molecular weight excluding hydrogens is 322 g/mol. The number of amides is 1. The number of nitrogens with zero attached hydrogens (tertiary/aromatic N) is 2. The lowest BCUT2D eigenvalue weighted by Crippen LogP contribution is -2.59. The predicted molar refractivity (Wildman–Crippen MR) is 92.0 cm³/mol. The quantitative estimate of drug-likeness (QED) is 0.796. The monoisotopic (exact) mass is 351 g/mol. The van der Waals surface area contributed by atoms with Gasteiger partial charge in [0.15, 0.2) is 5.76 Å². The van der Waals surface area contributed by atoms with Gasteiger partial charge in [0.1, 0.15) is 6.61 Å². The van der Waals surface area contributed by atoms with Crippen LogP contribution in [0.2, 0.25) is 0 Å². The minimum atomic E-state index is -0.0479. The van der Waals surface area contributed by atoms with Crippen molar-refractivity contribution in [3.05, 3.63) is 17.5 Å². The van der Waals surface area contributed by atoms with Crippen LogP contribution in [0.1, 0.15) is 31.7 Å². The van der Waals surface area contributed by atoms with E-state index in [1.165, 1.54) is 7.11 Å². The smallest absolute Gasteiger partial charge is 0.246 e. The Kier molecular flexibility index (Phi) is 5.76. The zero-order valence-electron chi connectivity index (χ0n) is 15.4. The van der Waals surface area contributed by atoms with Crippen LogP contribution in [0.25, 0.3) is 0 Å². The highest BCUT2D eigenvalue weighted by Gasteiger charge is 2.48. The van der Waals surface area contributed by atoms with Crippen LogP contribution in [0.4, 0.5) is 0 Å². The Hall–Kier alpha value is -1.44. The van der Waals surface area contributed by atoms with E-state index in [0.29, 0.717) is 5.92 Å². The Bertz CT molecular complexity index is 581. The summed E-state index contributed by atoms with van der Waals surface area (Å²) >= 11 is 0. The number of hydrogen-bond acceptors (Lipinski definition) is 6. The Balaban J connectivity index is 1.49. The minimum absolute atomic E-state index is 0.0479. The van der Waals surface area contributed by atoms with Gasteiger partial charge in [0.05, 0.1) is 25.5 Å². The molecular formula is C18H29N3O4. The van der Waals surface area contributed by atoms with Crippen LogP contribution >= 0.6 is 0 Å². The second-order valence-corrected chi connectivity index (χ2v) is 7.68. The Morgan fingerprint density at radius 2 is 2.20 bits per heavy atom. The molecule has 1 aromatic rings. The average Bonchev–Trinajstić information content (AvgIpc) is 3.02. The molecule has 1 amide bonds. The molecule has 0 aromatic carbocycles. The van der Waals surface area contributed by atoms with E-state index in [1.54, 1.807) is 0 Å². The molecule has 2 heterocycles. The van der Waals surface area contributed by atoms with E-state index in [0.717, 1.165) is 57.1 Å². The molecule has 2 atom stereocenters. The maximum absolute atomic E-state index is 11.7. The number of nitrogens with one attached hydrogen (secondary N) is 1. The first-order valence-electron chi connectivity index (χ1n) is 9.02. The molecule has 2 fully saturated rings. The van der Waals surface area contributed by atoms with Gasteiger partial charge in [0.2, 0.25) is 5.91 Å². The standard InChI is InChI=1S/C18H29N3O4/c1-18(2)13(9-16(18)19-17(22)12-23-3)8-14-10-15(25-20-14)11-21-4-6-24-7-5-21/h10,13,16H,4-9,11-12H2,1-3H3,(H,19,22)/t13-,16+/m1/s1. The molecule has 1 aliphatic carbocycles. The Morgan fingerprint density at radius 1 is 1.44 bits per heavy atom. The molecule has 1 aliphatic heterocycles. The van der Waals surface area contributed by atoms with Crippen molar-refractivity contribution >= 4 is 5.91 Å². The molecule has 1 saturated heterocycles. The van der Waals surface area contributed by atoms with E-state index in [-0.39, 0.29) is 24.0 Å². The fourth-order valence-corrected chi connectivity index (χ4v) is 3.73. The number of methoxy groups -OCH3 is 1. The van der Waals surface area contributed by atoms with Gasteiger partial charge in [-0.2, -0.15) is 0 Å². The summed E-state index contributed by atoms with van der Waals surface area (Å²) in [4.78, 5) is 14.0. The highest BCUT2D eigenvalue weighted by Crippen LogP contribution is 2.47. The van der Waals surface area contributed by atoms with Gasteiger partial charge in [-0.25, -0.2) is 0 Å². The van der Waals surface area contributed by atoms with Gasteiger partial charge in [-0.3, -0.25) is 9.69 Å². The third kappa shape index (κ3) is 4.40. The molecule has 0 bridgehead atoms. The van der Waals surface area contributed by atoms with E-state index in [4.69, 9.17) is 14.0 Å². The van der Waals surface area contributed by atoms with E-state index >= 15 is 0 Å². The van der Waals surface area contributed by atoms with Gasteiger partial charge in [0.25, 0.3) is 0 Å². The lowest BCUT2D eigenvalue weighted by molar-refractivity contribution is -0.129. The van der Waals surface area contributed by atoms with Gasteiger partial charge < -0.3 is 19.3 Å². The minimum Gasteiger partial charge on any atom is -0.379 e. The second kappa shape index (κ2) is 7.85. The summed E-state index contributed by atoms with van der Waals surface area (Å²) in [6, 6.07) is 2.27. The SMILES string of the molecule is COCC(=O)N[C@H]1C[C@@H](Cc2cc(CN3CCOCC3)on2)C1(C)C. The third-order valence-electron chi connectivity index (χ3n) is 5.63. The lowest BCUT2D eigenvalue weighted by Gasteiger charge is -2.52. The van der Waals surface area contributed by atoms with E-state index < -0.39 is 0 Å². The summed E-state index contributed by atoms with van der Waals surface area (Å²) in [7, 11) is 1.54. The van der Waals surface area contributed by atoms with Crippen LogP contribution in [0.3, 0.4) is 0 Å². The number of rotatable bonds is 7. The van der Waals surface area contributed by atoms with Crippen LogP contribution in [-0.4, -0.2) is 62.0 Å². The van der Waals surface area contributed by atoms with Gasteiger partial charge in [0, 0.05) is 32.3 Å². The molecule has 140 valence electrons. The molecule has 2 aliphatic rings. The summed E-state index contributed by atoms with van der Waals surface area (Å²) in [5.74, 6) is 1.36. The first-order valence-corrected chi connectivity index (χ1v) is 9.02. The second-order valence-electron chi connectivity index (χ2n) is 7.68. The highest BCUT2D eigenvalue weighted by atomic mass is 16.5. The van der Waals surface area contributed by atoms with Gasteiger partial charge in [-0.1, -0.05) is 19.0 Å². The van der Waals surface area contributed by atoms with Crippen LogP contribution in [0.15, 0.2) is 10.6 Å². The van der Waals surface area contributed by atoms with Crippen molar-refractivity contribution in [1.82, 2.24) is 15.4 Å². The number of carbonyl (C=O) groups is 1. The summed E-state index contributed by atoms with van der Waals surface area (Å²) in [5, 5.41) is 7.30. The van der Waals surface area contributed by atoms with E-state index in [9.17, 15) is 4.79 Å². The van der Waals surface area contributed by atoms with E-state index in [2.05, 4.69) is 35.3 Å². The molecule has 7 nitrogen and oxygen atoms in total. The zero-order valence-corrected chi connectivity index (χ0v) is 15.4. The maximum atomic E-state index is 11.7. The van der Waals surface area contributed by atoms with Crippen LogP contribution in [0.5, 0.6) is 0 Å². The Morgan fingerprint density at radius 3 is 2.88 bits per heavy atom. The van der Waals surface area contributed by atoms with Gasteiger partial charge >= 0.3 is 0 Å². The van der Waals surface area contributed by atoms with Crippen LogP contribution < -0.4 is 5.32 Å². The zero-order chi connectivity index (χ0) is 17.9. The fourth-order valence-electron chi connectivity index (χ4n) is 3.73. The van der Waals surface area contributed by atoms with Crippen molar-refractivity contribution in [1.29, 1.82) is 0 Å². The van der Waals surface area contributed by atoms with Crippen molar-refractivity contribution in [2.24, 2.45) is 11.3 Å². The predicted octanol–water partition coefficient (Wildman–Crippen LogP) is 1.23. The summed E-state index contributed by atoms with van der Waals surface area (Å²) in [6.07, 6.45) is 1.85. The van der Waals surface area contributed by atoms with Crippen LogP contribution in [0, 0.1) is 11.3 Å². The molecule has 0 radical (unpaired) electrons. The van der Waals surface area contributed by atoms with Crippen molar-refractivity contribution in [3.8, 4) is 0 Å². The average molecular weight is 351 g/mol. The molecule has 25 heavy (non-hydrogen) atoms. The molecule has 0 unspecified atom stereocenters. The molecule has 1 saturated carbocycles. The van der Waals surface area contributed by atoms with Gasteiger partial charge in [-0.05, 0) is 24.2 Å². The highest BCUT2D eigenvalue weighted by molar-refractivity contribution is 5.77. The molecule has 7 heteroatoms. The Labute approximate surface area is 149 Å². The van der Waals surface area contributed by atoms with Crippen molar-refractivity contribution in [3.63, 3.8) is 0 Å². The van der Waals surface area contributed by atoms with Crippen molar-refractivity contribution < 1.29 is 18.8 Å². The number of morpholine rings is 1. The number of aromatic nitrogens is 1. The van der Waals surface area contributed by atoms with Gasteiger partial charge in [-0.15, -0.1) is 0 Å². The number of ether oxygens (including phenoxy) is 2. The lowest BCUT2D eigenvalue weighted by atomic mass is 9.57. The molecule has 0 spiro atoms. The summed E-state index contributed by atoms with van der Waals surface area (Å²) in [5.41, 5.74) is 1.05. The first-order chi connectivity index (χ1) is 12.0. The maximum Gasteiger partial charge on any atom is 0.246 e. The molecule has 1 aromatic heterocycles. The van der Waals surface area contributed by atoms with Crippen LogP contribution in [-0.2, 0) is 27.2 Å². The topological polar surface area (TPSA) is 76.8 Å². The number of hydrogen-bond donors (Lipinski definition) is 1.